The Morgan fingerprint density at radius 3 is 1.12 bits per heavy atom. The molecule has 5 rings (SSSR count). The van der Waals surface area contributed by atoms with E-state index in [2.05, 4.69) is 10.6 Å². The summed E-state index contributed by atoms with van der Waals surface area (Å²) in [6.45, 7) is 0. The predicted molar refractivity (Wildman–Crippen MR) is 187 cm³/mol. The average molecular weight is 735 g/mol. The number of nitrogens with zero attached hydrogens (tertiary/aromatic N) is 4. The molecule has 0 spiro atoms. The Hall–Kier alpha value is -4.92. The Kier molecular flexibility index (Phi) is 13.1. The molecule has 0 unspecified atom stereocenters. The predicted octanol–water partition coefficient (Wildman–Crippen LogP) is 7.41. The summed E-state index contributed by atoms with van der Waals surface area (Å²) in [6.07, 6.45) is 6.56. The van der Waals surface area contributed by atoms with E-state index >= 15 is 0 Å². The molecular weight excluding hydrogens is 709 g/mol. The molecule has 0 fully saturated rings. The molecule has 0 amide bonds. The van der Waals surface area contributed by atoms with E-state index in [1.54, 1.807) is 73.6 Å². The summed E-state index contributed by atoms with van der Waals surface area (Å²) in [5.41, 5.74) is -1.22. The molecule has 252 valence electrons. The molecule has 8 bridgehead atoms. The van der Waals surface area contributed by atoms with E-state index in [9.17, 15) is 48.9 Å². The van der Waals surface area contributed by atoms with Crippen molar-refractivity contribution >= 4 is 90.6 Å². The van der Waals surface area contributed by atoms with Crippen LogP contribution >= 0.6 is 23.5 Å². The fraction of sp³-hybridized carbons (Fsp3) is 0.143. The highest BCUT2D eigenvalue weighted by molar-refractivity contribution is 7.99. The molecule has 2 N–H and O–H groups in total. The minimum absolute atomic E-state index is 0.00484. The van der Waals surface area contributed by atoms with Gasteiger partial charge in [0, 0.05) is 67.8 Å². The smallest absolute Gasteiger partial charge is 0.299 e. The Bertz CT molecular complexity index is 1700. The Morgan fingerprint density at radius 2 is 0.833 bits per heavy atom. The third-order valence-corrected chi connectivity index (χ3v) is 7.70. The lowest BCUT2D eigenvalue weighted by Crippen LogP contribution is -2.02. The summed E-state index contributed by atoms with van der Waals surface area (Å²) in [5, 5.41) is 53.1. The first-order valence-corrected chi connectivity index (χ1v) is 18.7. The molecule has 0 saturated heterocycles. The van der Waals surface area contributed by atoms with Gasteiger partial charge in [0.25, 0.3) is 22.7 Å². The Labute approximate surface area is 286 Å². The number of anilines is 4. The van der Waals surface area contributed by atoms with Crippen LogP contribution in [0, 0.1) is 40.5 Å². The zero-order valence-electron chi connectivity index (χ0n) is 25.4. The summed E-state index contributed by atoms with van der Waals surface area (Å²) in [4.78, 5) is 45.6. The first kappa shape index (κ1) is 37.5. The summed E-state index contributed by atoms with van der Waals surface area (Å²) in [7, 11) is -1.22. The molecule has 0 aromatic heterocycles. The van der Waals surface area contributed by atoms with Gasteiger partial charge in [0.2, 0.25) is 0 Å². The molecular formula is C28H26N6O10S4. The van der Waals surface area contributed by atoms with Crippen molar-refractivity contribution in [2.75, 3.05) is 35.7 Å². The summed E-state index contributed by atoms with van der Waals surface area (Å²) in [6, 6.07) is 17.3. The van der Waals surface area contributed by atoms with E-state index in [0.29, 0.717) is 21.2 Å². The number of rotatable bonds is 4. The van der Waals surface area contributed by atoms with Crippen molar-refractivity contribution in [1.29, 1.82) is 0 Å². The largest absolute Gasteiger partial charge is 0.350 e. The molecule has 0 saturated carbocycles. The zero-order valence-corrected chi connectivity index (χ0v) is 28.7. The summed E-state index contributed by atoms with van der Waals surface area (Å²) >= 11 is 1.94. The van der Waals surface area contributed by atoms with Crippen LogP contribution < -0.4 is 10.6 Å². The molecule has 4 aromatic rings. The van der Waals surface area contributed by atoms with Gasteiger partial charge in [0.1, 0.15) is 11.4 Å². The molecule has 0 radical (unpaired) electrons. The number of hydrogen-bond donors (Lipinski definition) is 2. The van der Waals surface area contributed by atoms with Crippen LogP contribution in [0.2, 0.25) is 0 Å². The van der Waals surface area contributed by atoms with Crippen molar-refractivity contribution in [3.05, 3.63) is 113 Å². The van der Waals surface area contributed by atoms with Gasteiger partial charge < -0.3 is 10.6 Å². The number of nitrogens with one attached hydrogen (secondary N) is 2. The van der Waals surface area contributed by atoms with Crippen LogP contribution in [-0.2, 0) is 21.6 Å². The quantitative estimate of drug-likeness (QED) is 0.135. The highest BCUT2D eigenvalue weighted by atomic mass is 32.2. The number of nitro groups is 4. The summed E-state index contributed by atoms with van der Waals surface area (Å²) in [5.74, 6) is 0. The van der Waals surface area contributed by atoms with Gasteiger partial charge in [0.05, 0.1) is 41.6 Å². The van der Waals surface area contributed by atoms with E-state index in [4.69, 9.17) is 0 Å². The molecule has 20 heteroatoms. The van der Waals surface area contributed by atoms with Gasteiger partial charge in [-0.15, -0.1) is 0 Å². The number of nitro benzene ring substituents is 4. The maximum Gasteiger partial charge on any atom is 0.299 e. The van der Waals surface area contributed by atoms with Gasteiger partial charge in [-0.25, -0.2) is 0 Å². The number of benzene rings is 4. The van der Waals surface area contributed by atoms with Crippen molar-refractivity contribution in [3.8, 4) is 0 Å². The van der Waals surface area contributed by atoms with Crippen LogP contribution in [0.15, 0.2) is 92.4 Å². The molecule has 48 heavy (non-hydrogen) atoms. The topological polar surface area (TPSA) is 231 Å². The third kappa shape index (κ3) is 10.6. The van der Waals surface area contributed by atoms with Crippen LogP contribution in [0.1, 0.15) is 0 Å². The van der Waals surface area contributed by atoms with Gasteiger partial charge in [-0.2, -0.15) is 0 Å². The molecule has 4 aromatic carbocycles. The van der Waals surface area contributed by atoms with Crippen LogP contribution in [0.25, 0.3) is 0 Å². The molecule has 16 nitrogen and oxygen atoms in total. The van der Waals surface area contributed by atoms with Crippen LogP contribution in [0.5, 0.6) is 0 Å². The van der Waals surface area contributed by atoms with Crippen molar-refractivity contribution in [2.24, 2.45) is 0 Å². The lowest BCUT2D eigenvalue weighted by atomic mass is 10.2. The van der Waals surface area contributed by atoms with E-state index in [1.807, 2.05) is 0 Å². The summed E-state index contributed by atoms with van der Waals surface area (Å²) < 4.78 is 19.1. The second kappa shape index (κ2) is 16.8. The highest BCUT2D eigenvalue weighted by Gasteiger charge is 2.28. The van der Waals surface area contributed by atoms with Gasteiger partial charge in [-0.1, -0.05) is 35.7 Å². The van der Waals surface area contributed by atoms with Gasteiger partial charge in [0.15, 0.2) is 0 Å². The number of hydrogen-bond acceptors (Lipinski definition) is 14. The maximum absolute atomic E-state index is 11.8. The minimum atomic E-state index is -0.729. The van der Waals surface area contributed by atoms with E-state index in [0.717, 1.165) is 35.7 Å². The monoisotopic (exact) mass is 734 g/mol. The maximum atomic E-state index is 11.8. The molecule has 0 atom stereocenters. The standard InChI is InChI=1S/C24H14N6O8S2.2C2H6OS/c31-27(32)19-11-22(30(37)38)24-9-17(19)25-13-3-1-5-15(7-13)39-23-10-18(20(28(33)34)12-21(23)29(35)36)26-14-4-2-6-16(8-14)40-24;2*1-4(2)3/h1-12,25-26H;2*1-2H3. The highest BCUT2D eigenvalue weighted by Crippen LogP contribution is 2.45. The van der Waals surface area contributed by atoms with Gasteiger partial charge >= 0.3 is 0 Å². The number of fused-ring (bicyclic) bond motifs is 8. The zero-order chi connectivity index (χ0) is 35.7. The van der Waals surface area contributed by atoms with Crippen LogP contribution in [0.3, 0.4) is 0 Å². The molecule has 1 aliphatic rings. The average Bonchev–Trinajstić information content (AvgIpc) is 2.96. The molecule has 1 heterocycles. The van der Waals surface area contributed by atoms with E-state index < -0.39 is 64.0 Å². The second-order valence-corrected chi connectivity index (χ2v) is 14.9. The SMILES string of the molecule is CS(C)=O.CS(C)=O.O=[N+]([O-])c1cc([N+](=O)[O-])c2cc1Nc1cccc(c1)Sc1cc(c([N+](=O)[O-])cc1[N+](=O)[O-])Nc1cccc(c1)S2. The first-order chi connectivity index (χ1) is 22.5. The van der Waals surface area contributed by atoms with Gasteiger partial charge in [-0.3, -0.25) is 48.9 Å². The van der Waals surface area contributed by atoms with Crippen molar-refractivity contribution < 1.29 is 28.1 Å². The minimum Gasteiger partial charge on any atom is -0.350 e. The van der Waals surface area contributed by atoms with Gasteiger partial charge in [-0.05, 0) is 48.5 Å². The van der Waals surface area contributed by atoms with Crippen LogP contribution in [0.4, 0.5) is 45.5 Å². The second-order valence-electron chi connectivity index (χ2n) is 9.70. The van der Waals surface area contributed by atoms with Crippen molar-refractivity contribution in [2.45, 2.75) is 19.6 Å². The van der Waals surface area contributed by atoms with Crippen molar-refractivity contribution in [1.82, 2.24) is 0 Å². The van der Waals surface area contributed by atoms with E-state index in [1.165, 1.54) is 12.1 Å². The molecule has 0 aliphatic carbocycles. The first-order valence-electron chi connectivity index (χ1n) is 13.1. The third-order valence-electron chi connectivity index (χ3n) is 5.62. The van der Waals surface area contributed by atoms with Crippen LogP contribution in [-0.4, -0.2) is 53.1 Å². The fourth-order valence-electron chi connectivity index (χ4n) is 3.91. The Morgan fingerprint density at radius 1 is 0.521 bits per heavy atom. The lowest BCUT2D eigenvalue weighted by Gasteiger charge is -2.14. The molecule has 1 aliphatic heterocycles. The van der Waals surface area contributed by atoms with E-state index in [-0.39, 0.29) is 21.2 Å². The normalized spacial score (nSPS) is 11.5. The fourth-order valence-corrected chi connectivity index (χ4v) is 5.91. The lowest BCUT2D eigenvalue weighted by molar-refractivity contribution is -0.395. The Balaban J connectivity index is 0.000000705. The van der Waals surface area contributed by atoms with Crippen molar-refractivity contribution in [3.63, 3.8) is 0 Å².